The molecule has 1 heterocycles. The number of nitrogens with zero attached hydrogens (tertiary/aromatic N) is 1. The van der Waals surface area contributed by atoms with Gasteiger partial charge in [-0.2, -0.15) is 0 Å². The topological polar surface area (TPSA) is 46.3 Å². The van der Waals surface area contributed by atoms with E-state index in [0.29, 0.717) is 16.3 Å². The van der Waals surface area contributed by atoms with Gasteiger partial charge in [-0.1, -0.05) is 11.6 Å². The van der Waals surface area contributed by atoms with E-state index in [1.807, 2.05) is 4.90 Å². The van der Waals surface area contributed by atoms with E-state index in [0.717, 1.165) is 12.8 Å². The molecule has 0 aliphatic carbocycles. The number of hydrogen-bond acceptors (Lipinski definition) is 2. The third kappa shape index (κ3) is 2.46. The van der Waals surface area contributed by atoms with Gasteiger partial charge in [0.25, 0.3) is 5.91 Å². The summed E-state index contributed by atoms with van der Waals surface area (Å²) >= 11 is 5.86. The molecular formula is C14H19ClN2O. The Morgan fingerprint density at radius 1 is 1.33 bits per heavy atom. The van der Waals surface area contributed by atoms with Crippen molar-refractivity contribution >= 4 is 23.2 Å². The minimum Gasteiger partial charge on any atom is -0.398 e. The second-order valence-corrected chi connectivity index (χ2v) is 5.51. The van der Waals surface area contributed by atoms with Gasteiger partial charge in [0.1, 0.15) is 0 Å². The number of carbonyl (C=O) groups excluding carboxylic acids is 1. The summed E-state index contributed by atoms with van der Waals surface area (Å²) < 4.78 is 0. The standard InChI is InChI=1S/C14H19ClN2O/c1-9-4-3-5-10(2)17(9)14(18)12-7-6-11(15)8-13(12)16/h6-10H,3-5,16H2,1-2H3/t9-,10-/m1/s1. The molecule has 0 bridgehead atoms. The molecule has 1 aromatic rings. The highest BCUT2D eigenvalue weighted by molar-refractivity contribution is 6.31. The van der Waals surface area contributed by atoms with Crippen LogP contribution >= 0.6 is 11.6 Å². The Labute approximate surface area is 113 Å². The van der Waals surface area contributed by atoms with Crippen LogP contribution in [-0.2, 0) is 0 Å². The first-order chi connectivity index (χ1) is 8.50. The van der Waals surface area contributed by atoms with Gasteiger partial charge in [0.15, 0.2) is 0 Å². The lowest BCUT2D eigenvalue weighted by Crippen LogP contribution is -2.47. The Morgan fingerprint density at radius 2 is 1.94 bits per heavy atom. The molecule has 1 saturated heterocycles. The Balaban J connectivity index is 2.29. The van der Waals surface area contributed by atoms with Gasteiger partial charge < -0.3 is 10.6 Å². The molecule has 2 atom stereocenters. The smallest absolute Gasteiger partial charge is 0.256 e. The minimum atomic E-state index is 0.0175. The summed E-state index contributed by atoms with van der Waals surface area (Å²) in [4.78, 5) is 14.5. The van der Waals surface area contributed by atoms with Crippen LogP contribution in [0.2, 0.25) is 5.02 Å². The quantitative estimate of drug-likeness (QED) is 0.793. The normalized spacial score (nSPS) is 24.1. The van der Waals surface area contributed by atoms with Crippen LogP contribution in [0.5, 0.6) is 0 Å². The molecule has 18 heavy (non-hydrogen) atoms. The van der Waals surface area contributed by atoms with Crippen molar-refractivity contribution in [3.05, 3.63) is 28.8 Å². The fourth-order valence-corrected chi connectivity index (χ4v) is 2.87. The van der Waals surface area contributed by atoms with E-state index in [9.17, 15) is 4.79 Å². The lowest BCUT2D eigenvalue weighted by atomic mass is 9.96. The van der Waals surface area contributed by atoms with Crippen molar-refractivity contribution in [2.75, 3.05) is 5.73 Å². The van der Waals surface area contributed by atoms with E-state index in [1.54, 1.807) is 18.2 Å². The minimum absolute atomic E-state index is 0.0175. The summed E-state index contributed by atoms with van der Waals surface area (Å²) in [5.41, 5.74) is 6.90. The molecule has 0 unspecified atom stereocenters. The molecule has 2 N–H and O–H groups in total. The summed E-state index contributed by atoms with van der Waals surface area (Å²) in [5.74, 6) is 0.0175. The number of carbonyl (C=O) groups is 1. The van der Waals surface area contributed by atoms with Crippen LogP contribution in [0.15, 0.2) is 18.2 Å². The van der Waals surface area contributed by atoms with E-state index in [4.69, 9.17) is 17.3 Å². The summed E-state index contributed by atoms with van der Waals surface area (Å²) in [5, 5.41) is 0.559. The van der Waals surface area contributed by atoms with E-state index in [1.165, 1.54) is 6.42 Å². The van der Waals surface area contributed by atoms with Crippen LogP contribution in [0.3, 0.4) is 0 Å². The predicted molar refractivity (Wildman–Crippen MR) is 74.8 cm³/mol. The van der Waals surface area contributed by atoms with Gasteiger partial charge in [0.2, 0.25) is 0 Å². The number of likely N-dealkylation sites (tertiary alicyclic amines) is 1. The van der Waals surface area contributed by atoms with Crippen LogP contribution in [0.25, 0.3) is 0 Å². The van der Waals surface area contributed by atoms with Crippen LogP contribution in [0.1, 0.15) is 43.5 Å². The number of anilines is 1. The van der Waals surface area contributed by atoms with Crippen molar-refractivity contribution < 1.29 is 4.79 Å². The van der Waals surface area contributed by atoms with Gasteiger partial charge in [-0.25, -0.2) is 0 Å². The van der Waals surface area contributed by atoms with Gasteiger partial charge in [-0.3, -0.25) is 4.79 Å². The van der Waals surface area contributed by atoms with Crippen molar-refractivity contribution in [3.63, 3.8) is 0 Å². The summed E-state index contributed by atoms with van der Waals surface area (Å²) in [6.07, 6.45) is 3.30. The SMILES string of the molecule is C[C@@H]1CCC[C@@H](C)N1C(=O)c1ccc(Cl)cc1N. The largest absolute Gasteiger partial charge is 0.398 e. The highest BCUT2D eigenvalue weighted by Gasteiger charge is 2.30. The highest BCUT2D eigenvalue weighted by atomic mass is 35.5. The first-order valence-electron chi connectivity index (χ1n) is 6.38. The second kappa shape index (κ2) is 5.19. The zero-order valence-electron chi connectivity index (χ0n) is 10.8. The van der Waals surface area contributed by atoms with Crippen LogP contribution in [0, 0.1) is 0 Å². The van der Waals surface area contributed by atoms with Crippen molar-refractivity contribution in [3.8, 4) is 0 Å². The van der Waals surface area contributed by atoms with E-state index in [2.05, 4.69) is 13.8 Å². The van der Waals surface area contributed by atoms with Crippen molar-refractivity contribution in [1.29, 1.82) is 0 Å². The van der Waals surface area contributed by atoms with E-state index in [-0.39, 0.29) is 18.0 Å². The van der Waals surface area contributed by atoms with Crippen LogP contribution in [0.4, 0.5) is 5.69 Å². The Bertz CT molecular complexity index is 451. The predicted octanol–water partition coefficient (Wildman–Crippen LogP) is 3.33. The lowest BCUT2D eigenvalue weighted by Gasteiger charge is -2.39. The molecule has 4 heteroatoms. The second-order valence-electron chi connectivity index (χ2n) is 5.07. The third-order valence-electron chi connectivity index (χ3n) is 3.67. The number of rotatable bonds is 1. The fourth-order valence-electron chi connectivity index (χ4n) is 2.69. The Hall–Kier alpha value is -1.22. The molecule has 0 aromatic heterocycles. The van der Waals surface area contributed by atoms with Gasteiger partial charge in [0, 0.05) is 22.8 Å². The number of hydrogen-bond donors (Lipinski definition) is 1. The summed E-state index contributed by atoms with van der Waals surface area (Å²) in [6, 6.07) is 5.61. The van der Waals surface area contributed by atoms with Crippen molar-refractivity contribution in [1.82, 2.24) is 4.90 Å². The third-order valence-corrected chi connectivity index (χ3v) is 3.91. The number of piperidine rings is 1. The number of benzene rings is 1. The zero-order valence-corrected chi connectivity index (χ0v) is 11.6. The van der Waals surface area contributed by atoms with Gasteiger partial charge in [-0.15, -0.1) is 0 Å². The first-order valence-corrected chi connectivity index (χ1v) is 6.76. The van der Waals surface area contributed by atoms with Crippen molar-refractivity contribution in [2.24, 2.45) is 0 Å². The lowest BCUT2D eigenvalue weighted by molar-refractivity contribution is 0.0512. The number of nitrogens with two attached hydrogens (primary N) is 1. The molecule has 1 fully saturated rings. The van der Waals surface area contributed by atoms with Crippen LogP contribution in [-0.4, -0.2) is 22.9 Å². The maximum absolute atomic E-state index is 12.6. The molecule has 2 rings (SSSR count). The van der Waals surface area contributed by atoms with Crippen molar-refractivity contribution in [2.45, 2.75) is 45.2 Å². The molecule has 1 aliphatic heterocycles. The molecule has 0 saturated carbocycles. The summed E-state index contributed by atoms with van der Waals surface area (Å²) in [7, 11) is 0. The Morgan fingerprint density at radius 3 is 2.50 bits per heavy atom. The average Bonchev–Trinajstić information content (AvgIpc) is 2.28. The van der Waals surface area contributed by atoms with Crippen LogP contribution < -0.4 is 5.73 Å². The number of amides is 1. The monoisotopic (exact) mass is 266 g/mol. The number of halogens is 1. The number of nitrogen functional groups attached to an aromatic ring is 1. The average molecular weight is 267 g/mol. The molecule has 0 radical (unpaired) electrons. The van der Waals surface area contributed by atoms with E-state index < -0.39 is 0 Å². The maximum atomic E-state index is 12.6. The summed E-state index contributed by atoms with van der Waals surface area (Å²) in [6.45, 7) is 4.19. The molecule has 98 valence electrons. The molecule has 1 aliphatic rings. The molecular weight excluding hydrogens is 248 g/mol. The molecule has 3 nitrogen and oxygen atoms in total. The fraction of sp³-hybridized carbons (Fsp3) is 0.500. The maximum Gasteiger partial charge on any atom is 0.256 e. The van der Waals surface area contributed by atoms with Gasteiger partial charge in [0.05, 0.1) is 5.56 Å². The molecule has 0 spiro atoms. The Kier molecular flexibility index (Phi) is 3.81. The molecule has 1 amide bonds. The highest BCUT2D eigenvalue weighted by Crippen LogP contribution is 2.27. The first kappa shape index (κ1) is 13.2. The molecule has 1 aromatic carbocycles. The van der Waals surface area contributed by atoms with Gasteiger partial charge >= 0.3 is 0 Å². The van der Waals surface area contributed by atoms with E-state index >= 15 is 0 Å². The van der Waals surface area contributed by atoms with Gasteiger partial charge in [-0.05, 0) is 51.3 Å². The zero-order chi connectivity index (χ0) is 13.3.